The van der Waals surface area contributed by atoms with Crippen LogP contribution in [0, 0.1) is 0 Å². The lowest BCUT2D eigenvalue weighted by molar-refractivity contribution is -0.130. The Morgan fingerprint density at radius 1 is 0.920 bits per heavy atom. The van der Waals surface area contributed by atoms with Crippen molar-refractivity contribution in [2.75, 3.05) is 20.6 Å². The van der Waals surface area contributed by atoms with E-state index in [-0.39, 0.29) is 30.2 Å². The van der Waals surface area contributed by atoms with Crippen LogP contribution in [0.1, 0.15) is 38.6 Å². The summed E-state index contributed by atoms with van der Waals surface area (Å²) in [5.74, 6) is -1.00. The van der Waals surface area contributed by atoms with Crippen molar-refractivity contribution in [2.45, 2.75) is 12.3 Å². The summed E-state index contributed by atoms with van der Waals surface area (Å²) in [5.41, 5.74) is 1.75. The molecule has 3 rings (SSSR count). The third-order valence-electron chi connectivity index (χ3n) is 4.46. The maximum atomic E-state index is 12.6. The molecule has 2 aromatic rings. The van der Waals surface area contributed by atoms with Crippen LogP contribution < -0.4 is 0 Å². The number of benzene rings is 2. The zero-order chi connectivity index (χ0) is 18.0. The topological polar surface area (TPSA) is 57.7 Å². The second kappa shape index (κ2) is 6.89. The summed E-state index contributed by atoms with van der Waals surface area (Å²) in [6, 6.07) is 16.3. The summed E-state index contributed by atoms with van der Waals surface area (Å²) in [6.45, 7) is 0.214. The summed E-state index contributed by atoms with van der Waals surface area (Å²) >= 11 is 0. The van der Waals surface area contributed by atoms with Crippen molar-refractivity contribution in [2.24, 2.45) is 0 Å². The van der Waals surface area contributed by atoms with Gasteiger partial charge < -0.3 is 4.90 Å². The van der Waals surface area contributed by atoms with E-state index in [1.54, 1.807) is 43.3 Å². The molecule has 3 amide bonds. The first kappa shape index (κ1) is 16.9. The molecule has 25 heavy (non-hydrogen) atoms. The molecule has 0 saturated heterocycles. The largest absolute Gasteiger partial charge is 0.348 e. The molecule has 0 aromatic heterocycles. The molecule has 1 aliphatic heterocycles. The molecule has 2 aromatic carbocycles. The number of amides is 3. The minimum absolute atomic E-state index is 0.0391. The third kappa shape index (κ3) is 3.18. The number of hydrogen-bond donors (Lipinski definition) is 0. The molecule has 1 atom stereocenters. The second-order valence-electron chi connectivity index (χ2n) is 6.29. The van der Waals surface area contributed by atoms with Gasteiger partial charge in [0.2, 0.25) is 5.91 Å². The van der Waals surface area contributed by atoms with Gasteiger partial charge in [0.25, 0.3) is 11.8 Å². The standard InChI is InChI=1S/C20H20N2O3/c1-21(2)18(23)15(14-8-4-3-5-9-14)12-13-22-19(24)16-10-6-7-11-17(16)20(22)25/h3-11,15H,12-13H2,1-2H3. The summed E-state index contributed by atoms with van der Waals surface area (Å²) < 4.78 is 0. The smallest absolute Gasteiger partial charge is 0.261 e. The Bertz CT molecular complexity index is 780. The number of nitrogens with zero attached hydrogens (tertiary/aromatic N) is 2. The Hall–Kier alpha value is -2.95. The molecule has 0 spiro atoms. The minimum atomic E-state index is -0.388. The van der Waals surface area contributed by atoms with Crippen LogP contribution >= 0.6 is 0 Å². The maximum Gasteiger partial charge on any atom is 0.261 e. The van der Waals surface area contributed by atoms with Gasteiger partial charge in [0.15, 0.2) is 0 Å². The fourth-order valence-electron chi connectivity index (χ4n) is 3.13. The van der Waals surface area contributed by atoms with Gasteiger partial charge in [0, 0.05) is 20.6 Å². The van der Waals surface area contributed by atoms with E-state index in [2.05, 4.69) is 0 Å². The molecule has 128 valence electrons. The molecule has 5 heteroatoms. The van der Waals surface area contributed by atoms with Gasteiger partial charge in [-0.05, 0) is 24.1 Å². The Kier molecular flexibility index (Phi) is 4.65. The first-order chi connectivity index (χ1) is 12.0. The van der Waals surface area contributed by atoms with Gasteiger partial charge in [-0.2, -0.15) is 0 Å². The number of likely N-dealkylation sites (N-methyl/N-ethyl adjacent to an activating group) is 1. The number of fused-ring (bicyclic) bond motifs is 1. The van der Waals surface area contributed by atoms with Crippen LogP contribution in [0.15, 0.2) is 54.6 Å². The van der Waals surface area contributed by atoms with E-state index in [0.29, 0.717) is 17.5 Å². The van der Waals surface area contributed by atoms with Crippen molar-refractivity contribution in [3.8, 4) is 0 Å². The molecule has 1 unspecified atom stereocenters. The first-order valence-electron chi connectivity index (χ1n) is 8.22. The molecular weight excluding hydrogens is 316 g/mol. The van der Waals surface area contributed by atoms with Crippen LogP contribution in [0.4, 0.5) is 0 Å². The van der Waals surface area contributed by atoms with Crippen LogP contribution in [-0.2, 0) is 4.79 Å². The normalized spacial score (nSPS) is 14.4. The van der Waals surface area contributed by atoms with Crippen LogP contribution in [0.5, 0.6) is 0 Å². The number of carbonyl (C=O) groups is 3. The molecule has 5 nitrogen and oxygen atoms in total. The summed E-state index contributed by atoms with van der Waals surface area (Å²) in [6.07, 6.45) is 0.395. The fraction of sp³-hybridized carbons (Fsp3) is 0.250. The highest BCUT2D eigenvalue weighted by Crippen LogP contribution is 2.26. The molecule has 0 fully saturated rings. The predicted molar refractivity (Wildman–Crippen MR) is 94.3 cm³/mol. The number of carbonyl (C=O) groups excluding carboxylic acids is 3. The summed E-state index contributed by atoms with van der Waals surface area (Å²) in [5, 5.41) is 0. The zero-order valence-corrected chi connectivity index (χ0v) is 14.3. The van der Waals surface area contributed by atoms with Gasteiger partial charge in [-0.25, -0.2) is 0 Å². The SMILES string of the molecule is CN(C)C(=O)C(CCN1C(=O)c2ccccc2C1=O)c1ccccc1. The average Bonchev–Trinajstić information content (AvgIpc) is 2.87. The van der Waals surface area contributed by atoms with Crippen molar-refractivity contribution >= 4 is 17.7 Å². The zero-order valence-electron chi connectivity index (χ0n) is 14.3. The number of hydrogen-bond acceptors (Lipinski definition) is 3. The van der Waals surface area contributed by atoms with Gasteiger partial charge in [-0.1, -0.05) is 42.5 Å². The molecule has 1 aliphatic rings. The quantitative estimate of drug-likeness (QED) is 0.789. The van der Waals surface area contributed by atoms with E-state index < -0.39 is 0 Å². The van der Waals surface area contributed by atoms with E-state index in [4.69, 9.17) is 0 Å². The van der Waals surface area contributed by atoms with Crippen molar-refractivity contribution < 1.29 is 14.4 Å². The predicted octanol–water partition coefficient (Wildman–Crippen LogP) is 2.54. The lowest BCUT2D eigenvalue weighted by Gasteiger charge is -2.23. The van der Waals surface area contributed by atoms with Gasteiger partial charge >= 0.3 is 0 Å². The van der Waals surface area contributed by atoms with Gasteiger partial charge in [0.05, 0.1) is 17.0 Å². The van der Waals surface area contributed by atoms with Crippen LogP contribution in [0.2, 0.25) is 0 Å². The first-order valence-corrected chi connectivity index (χ1v) is 8.22. The second-order valence-corrected chi connectivity index (χ2v) is 6.29. The van der Waals surface area contributed by atoms with Crippen LogP contribution in [0.25, 0.3) is 0 Å². The highest BCUT2D eigenvalue weighted by Gasteiger charge is 2.35. The molecular formula is C20H20N2O3. The highest BCUT2D eigenvalue weighted by molar-refractivity contribution is 6.21. The Morgan fingerprint density at radius 2 is 1.44 bits per heavy atom. The monoisotopic (exact) mass is 336 g/mol. The number of rotatable bonds is 5. The lowest BCUT2D eigenvalue weighted by Crippen LogP contribution is -2.35. The molecule has 1 heterocycles. The van der Waals surface area contributed by atoms with Gasteiger partial charge in [-0.3, -0.25) is 19.3 Å². The van der Waals surface area contributed by atoms with Gasteiger partial charge in [-0.15, -0.1) is 0 Å². The van der Waals surface area contributed by atoms with Crippen LogP contribution in [-0.4, -0.2) is 48.2 Å². The third-order valence-corrected chi connectivity index (χ3v) is 4.46. The summed E-state index contributed by atoms with van der Waals surface area (Å²) in [4.78, 5) is 40.3. The van der Waals surface area contributed by atoms with E-state index in [1.165, 1.54) is 4.90 Å². The summed E-state index contributed by atoms with van der Waals surface area (Å²) in [7, 11) is 3.42. The van der Waals surface area contributed by atoms with E-state index in [0.717, 1.165) is 5.56 Å². The maximum absolute atomic E-state index is 12.6. The molecule has 0 saturated carbocycles. The van der Waals surface area contributed by atoms with Crippen molar-refractivity contribution in [3.63, 3.8) is 0 Å². The Balaban J connectivity index is 1.80. The van der Waals surface area contributed by atoms with Crippen molar-refractivity contribution in [1.82, 2.24) is 9.80 Å². The van der Waals surface area contributed by atoms with E-state index >= 15 is 0 Å². The number of imide groups is 1. The Morgan fingerprint density at radius 3 is 1.96 bits per heavy atom. The van der Waals surface area contributed by atoms with E-state index in [1.807, 2.05) is 30.3 Å². The molecule has 0 N–H and O–H groups in total. The van der Waals surface area contributed by atoms with Crippen molar-refractivity contribution in [1.29, 1.82) is 0 Å². The molecule has 0 radical (unpaired) electrons. The molecule has 0 bridgehead atoms. The van der Waals surface area contributed by atoms with E-state index in [9.17, 15) is 14.4 Å². The lowest BCUT2D eigenvalue weighted by atomic mass is 9.94. The average molecular weight is 336 g/mol. The minimum Gasteiger partial charge on any atom is -0.348 e. The fourth-order valence-corrected chi connectivity index (χ4v) is 3.13. The Labute approximate surface area is 146 Å². The van der Waals surface area contributed by atoms with Crippen LogP contribution in [0.3, 0.4) is 0 Å². The van der Waals surface area contributed by atoms with Crippen molar-refractivity contribution in [3.05, 3.63) is 71.3 Å². The van der Waals surface area contributed by atoms with Gasteiger partial charge in [0.1, 0.15) is 0 Å². The highest BCUT2D eigenvalue weighted by atomic mass is 16.2. The molecule has 0 aliphatic carbocycles.